The first-order valence-electron chi connectivity index (χ1n) is 4.76. The van der Waals surface area contributed by atoms with Crippen LogP contribution in [0, 0.1) is 0 Å². The number of aliphatic hydroxyl groups excluding tert-OH is 1. The molecule has 0 amide bonds. The number of hydrogen-bond donors (Lipinski definition) is 1. The number of aliphatic hydroxyl groups is 1. The van der Waals surface area contributed by atoms with E-state index in [0.29, 0.717) is 6.54 Å². The summed E-state index contributed by atoms with van der Waals surface area (Å²) in [5, 5.41) is 13.2. The molecule has 0 spiro atoms. The smallest absolute Gasteiger partial charge is 0.129 e. The maximum Gasteiger partial charge on any atom is 0.129 e. The van der Waals surface area contributed by atoms with E-state index in [-0.39, 0.29) is 6.61 Å². The Labute approximate surface area is 110 Å². The molecule has 1 heterocycles. The molecule has 1 N–H and O–H groups in total. The van der Waals surface area contributed by atoms with Crippen molar-refractivity contribution in [3.8, 4) is 0 Å². The Balaban J connectivity index is 2.17. The van der Waals surface area contributed by atoms with Crippen LogP contribution in [0.5, 0.6) is 0 Å². The minimum absolute atomic E-state index is 0.0806. The van der Waals surface area contributed by atoms with Crippen molar-refractivity contribution < 1.29 is 5.11 Å². The van der Waals surface area contributed by atoms with Crippen molar-refractivity contribution in [2.75, 3.05) is 0 Å². The molecule has 0 unspecified atom stereocenters. The van der Waals surface area contributed by atoms with E-state index in [1.807, 2.05) is 35.0 Å². The summed E-state index contributed by atoms with van der Waals surface area (Å²) >= 11 is 6.76. The Morgan fingerprint density at radius 1 is 1.12 bits per heavy atom. The lowest BCUT2D eigenvalue weighted by Gasteiger charge is -2.04. The fourth-order valence-corrected chi connectivity index (χ4v) is 2.54. The van der Waals surface area contributed by atoms with Crippen LogP contribution in [0.15, 0.2) is 39.5 Å². The molecule has 0 saturated carbocycles. The van der Waals surface area contributed by atoms with Gasteiger partial charge in [0.25, 0.3) is 0 Å². The normalized spacial score (nSPS) is 10.7. The number of nitrogens with zero attached hydrogens (tertiary/aromatic N) is 2. The maximum atomic E-state index is 8.93. The molecule has 1 aromatic carbocycles. The zero-order valence-electron chi connectivity index (χ0n) is 8.40. The standard InChI is InChI=1S/C11H10Br2N2O/c12-10-5-11(13)15(14-10)6-8-1-3-9(7-16)4-2-8/h1-5,16H,6-7H2. The number of hydrogen-bond acceptors (Lipinski definition) is 2. The average molecular weight is 346 g/mol. The van der Waals surface area contributed by atoms with Crippen LogP contribution in [0.1, 0.15) is 11.1 Å². The number of benzene rings is 1. The van der Waals surface area contributed by atoms with Crippen LogP contribution >= 0.6 is 31.9 Å². The molecule has 0 fully saturated rings. The lowest BCUT2D eigenvalue weighted by atomic mass is 10.1. The minimum Gasteiger partial charge on any atom is -0.392 e. The fourth-order valence-electron chi connectivity index (χ4n) is 1.40. The molecule has 5 heteroatoms. The van der Waals surface area contributed by atoms with Crippen molar-refractivity contribution in [3.05, 3.63) is 50.7 Å². The van der Waals surface area contributed by atoms with E-state index in [1.54, 1.807) is 0 Å². The summed E-state index contributed by atoms with van der Waals surface area (Å²) in [5.41, 5.74) is 2.07. The summed E-state index contributed by atoms with van der Waals surface area (Å²) in [5.74, 6) is 0. The van der Waals surface area contributed by atoms with Gasteiger partial charge in [-0.1, -0.05) is 24.3 Å². The minimum atomic E-state index is 0.0806. The Hall–Kier alpha value is -0.650. The van der Waals surface area contributed by atoms with E-state index in [9.17, 15) is 0 Å². The molecule has 0 saturated heterocycles. The van der Waals surface area contributed by atoms with Crippen LogP contribution in [0.2, 0.25) is 0 Å². The molecule has 2 rings (SSSR count). The molecule has 0 aliphatic carbocycles. The van der Waals surface area contributed by atoms with Gasteiger partial charge in [0.15, 0.2) is 0 Å². The second kappa shape index (κ2) is 5.12. The first-order valence-corrected chi connectivity index (χ1v) is 6.35. The topological polar surface area (TPSA) is 38.0 Å². The van der Waals surface area contributed by atoms with E-state index in [2.05, 4.69) is 37.0 Å². The fraction of sp³-hybridized carbons (Fsp3) is 0.182. The molecule has 0 aliphatic heterocycles. The van der Waals surface area contributed by atoms with Gasteiger partial charge in [0.2, 0.25) is 0 Å². The predicted octanol–water partition coefficient (Wildman–Crippen LogP) is 2.95. The molecule has 0 aliphatic rings. The van der Waals surface area contributed by atoms with E-state index in [1.165, 1.54) is 0 Å². The van der Waals surface area contributed by atoms with Gasteiger partial charge in [0.1, 0.15) is 9.21 Å². The van der Waals surface area contributed by atoms with Gasteiger partial charge in [-0.05, 0) is 43.0 Å². The van der Waals surface area contributed by atoms with Gasteiger partial charge in [0, 0.05) is 6.07 Å². The van der Waals surface area contributed by atoms with Crippen molar-refractivity contribution in [1.82, 2.24) is 9.78 Å². The van der Waals surface area contributed by atoms with Gasteiger partial charge in [-0.25, -0.2) is 0 Å². The largest absolute Gasteiger partial charge is 0.392 e. The molecular weight excluding hydrogens is 336 g/mol. The van der Waals surface area contributed by atoms with Crippen molar-refractivity contribution in [1.29, 1.82) is 0 Å². The van der Waals surface area contributed by atoms with Crippen molar-refractivity contribution >= 4 is 31.9 Å². The van der Waals surface area contributed by atoms with Gasteiger partial charge in [-0.2, -0.15) is 5.10 Å². The zero-order valence-corrected chi connectivity index (χ0v) is 11.6. The number of aromatic nitrogens is 2. The molecule has 0 atom stereocenters. The van der Waals surface area contributed by atoms with Crippen LogP contribution in [-0.4, -0.2) is 14.9 Å². The SMILES string of the molecule is OCc1ccc(Cn2nc(Br)cc2Br)cc1. The number of rotatable bonds is 3. The number of halogens is 2. The second-order valence-corrected chi connectivity index (χ2v) is 5.05. The molecule has 84 valence electrons. The summed E-state index contributed by atoms with van der Waals surface area (Å²) in [6.45, 7) is 0.787. The Kier molecular flexibility index (Phi) is 3.78. The lowest BCUT2D eigenvalue weighted by molar-refractivity contribution is 0.282. The van der Waals surface area contributed by atoms with Crippen LogP contribution in [0.25, 0.3) is 0 Å². The first kappa shape index (κ1) is 11.8. The van der Waals surface area contributed by atoms with Gasteiger partial charge < -0.3 is 5.11 Å². The average Bonchev–Trinajstić information content (AvgIpc) is 2.59. The van der Waals surface area contributed by atoms with Gasteiger partial charge in [0.05, 0.1) is 13.2 Å². The monoisotopic (exact) mass is 344 g/mol. The van der Waals surface area contributed by atoms with Crippen LogP contribution in [-0.2, 0) is 13.2 Å². The predicted molar refractivity (Wildman–Crippen MR) is 69.1 cm³/mol. The molecule has 0 bridgehead atoms. The highest BCUT2D eigenvalue weighted by Crippen LogP contribution is 2.17. The van der Waals surface area contributed by atoms with Crippen LogP contribution < -0.4 is 0 Å². The third kappa shape index (κ3) is 2.72. The molecule has 1 aromatic heterocycles. The summed E-state index contributed by atoms with van der Waals surface area (Å²) < 4.78 is 3.61. The van der Waals surface area contributed by atoms with E-state index in [0.717, 1.165) is 20.3 Å². The van der Waals surface area contributed by atoms with Crippen LogP contribution in [0.4, 0.5) is 0 Å². The van der Waals surface area contributed by atoms with Crippen molar-refractivity contribution in [2.45, 2.75) is 13.2 Å². The van der Waals surface area contributed by atoms with E-state index < -0.39 is 0 Å². The molecular formula is C11H10Br2N2O. The van der Waals surface area contributed by atoms with Gasteiger partial charge in [-0.15, -0.1) is 0 Å². The summed E-state index contributed by atoms with van der Waals surface area (Å²) in [4.78, 5) is 0. The third-order valence-corrected chi connectivity index (χ3v) is 3.26. The molecule has 16 heavy (non-hydrogen) atoms. The first-order chi connectivity index (χ1) is 7.69. The summed E-state index contributed by atoms with van der Waals surface area (Å²) in [6.07, 6.45) is 0. The Bertz CT molecular complexity index is 479. The Morgan fingerprint density at radius 2 is 1.75 bits per heavy atom. The van der Waals surface area contributed by atoms with Crippen molar-refractivity contribution in [2.24, 2.45) is 0 Å². The third-order valence-electron chi connectivity index (χ3n) is 2.24. The van der Waals surface area contributed by atoms with Gasteiger partial charge in [-0.3, -0.25) is 4.68 Å². The lowest BCUT2D eigenvalue weighted by Crippen LogP contribution is -2.02. The van der Waals surface area contributed by atoms with Crippen LogP contribution in [0.3, 0.4) is 0 Å². The molecule has 3 nitrogen and oxygen atoms in total. The summed E-state index contributed by atoms with van der Waals surface area (Å²) in [7, 11) is 0. The zero-order chi connectivity index (χ0) is 11.5. The Morgan fingerprint density at radius 3 is 2.25 bits per heavy atom. The molecule has 0 radical (unpaired) electrons. The second-order valence-electron chi connectivity index (χ2n) is 3.42. The summed E-state index contributed by atoms with van der Waals surface area (Å²) in [6, 6.07) is 9.73. The quantitative estimate of drug-likeness (QED) is 0.928. The molecule has 2 aromatic rings. The highest BCUT2D eigenvalue weighted by molar-refractivity contribution is 9.11. The maximum absolute atomic E-state index is 8.93. The van der Waals surface area contributed by atoms with E-state index in [4.69, 9.17) is 5.11 Å². The highest BCUT2D eigenvalue weighted by atomic mass is 79.9. The van der Waals surface area contributed by atoms with Crippen molar-refractivity contribution in [3.63, 3.8) is 0 Å². The van der Waals surface area contributed by atoms with Gasteiger partial charge >= 0.3 is 0 Å². The van der Waals surface area contributed by atoms with E-state index >= 15 is 0 Å². The highest BCUT2D eigenvalue weighted by Gasteiger charge is 2.03.